The molecule has 1 fully saturated rings. The summed E-state index contributed by atoms with van der Waals surface area (Å²) in [7, 11) is 1.71. The Balaban J connectivity index is 1.38. The van der Waals surface area contributed by atoms with Crippen molar-refractivity contribution >= 4 is 0 Å². The van der Waals surface area contributed by atoms with Crippen molar-refractivity contribution in [3.63, 3.8) is 0 Å². The molecule has 5 heteroatoms. The molecule has 0 amide bonds. The predicted octanol–water partition coefficient (Wildman–Crippen LogP) is 4.39. The van der Waals surface area contributed by atoms with E-state index in [0.717, 1.165) is 48.7 Å². The van der Waals surface area contributed by atoms with Gasteiger partial charge < -0.3 is 15.2 Å². The van der Waals surface area contributed by atoms with Gasteiger partial charge in [-0.1, -0.05) is 30.3 Å². The van der Waals surface area contributed by atoms with E-state index < -0.39 is 0 Å². The van der Waals surface area contributed by atoms with E-state index in [1.54, 1.807) is 7.11 Å². The Kier molecular flexibility index (Phi) is 5.85. The monoisotopic (exact) mass is 429 g/mol. The van der Waals surface area contributed by atoms with Gasteiger partial charge in [0.2, 0.25) is 0 Å². The molecule has 0 spiro atoms. The lowest BCUT2D eigenvalue weighted by atomic mass is 9.79. The predicted molar refractivity (Wildman–Crippen MR) is 126 cm³/mol. The maximum atomic E-state index is 6.72. The third-order valence-corrected chi connectivity index (χ3v) is 6.89. The number of aryl methyl sites for hydroxylation is 1. The van der Waals surface area contributed by atoms with Gasteiger partial charge in [-0.2, -0.15) is 0 Å². The molecule has 5 rings (SSSR count). The van der Waals surface area contributed by atoms with Crippen molar-refractivity contribution < 1.29 is 9.47 Å². The fraction of sp³-hybridized carbons (Fsp3) is 0.370. The highest BCUT2D eigenvalue weighted by Gasteiger charge is 2.39. The Morgan fingerprint density at radius 3 is 2.72 bits per heavy atom. The van der Waals surface area contributed by atoms with E-state index in [4.69, 9.17) is 15.2 Å². The molecule has 3 atom stereocenters. The lowest BCUT2D eigenvalue weighted by Gasteiger charge is -2.46. The Hall–Kier alpha value is -2.89. The summed E-state index contributed by atoms with van der Waals surface area (Å²) in [5.74, 6) is 1.87. The molecule has 1 saturated heterocycles. The lowest BCUT2D eigenvalue weighted by Crippen LogP contribution is -2.50. The number of fused-ring (bicyclic) bond motifs is 3. The van der Waals surface area contributed by atoms with Crippen molar-refractivity contribution in [3.05, 3.63) is 88.7 Å². The second kappa shape index (κ2) is 8.93. The number of ether oxygens (including phenoxy) is 2. The van der Waals surface area contributed by atoms with Gasteiger partial charge in [0.1, 0.15) is 6.61 Å². The Labute approximate surface area is 190 Å². The first-order valence-corrected chi connectivity index (χ1v) is 11.4. The molecule has 0 bridgehead atoms. The van der Waals surface area contributed by atoms with Crippen LogP contribution in [0.4, 0.5) is 0 Å². The number of rotatable bonds is 5. The van der Waals surface area contributed by atoms with Crippen LogP contribution >= 0.6 is 0 Å². The van der Waals surface area contributed by atoms with E-state index >= 15 is 0 Å². The summed E-state index contributed by atoms with van der Waals surface area (Å²) < 4.78 is 11.9. The van der Waals surface area contributed by atoms with Gasteiger partial charge in [-0.3, -0.25) is 9.88 Å². The van der Waals surface area contributed by atoms with E-state index in [0.29, 0.717) is 12.6 Å². The molecular weight excluding hydrogens is 398 g/mol. The van der Waals surface area contributed by atoms with Gasteiger partial charge >= 0.3 is 0 Å². The van der Waals surface area contributed by atoms with Gasteiger partial charge in [-0.15, -0.1) is 0 Å². The van der Waals surface area contributed by atoms with Crippen LogP contribution in [0.2, 0.25) is 0 Å². The molecule has 2 N–H and O–H groups in total. The summed E-state index contributed by atoms with van der Waals surface area (Å²) in [6, 6.07) is 19.2. The van der Waals surface area contributed by atoms with Gasteiger partial charge in [-0.05, 0) is 66.3 Å². The average Bonchev–Trinajstić information content (AvgIpc) is 2.82. The Bertz CT molecular complexity index is 1090. The first-order valence-electron chi connectivity index (χ1n) is 11.4. The van der Waals surface area contributed by atoms with Crippen LogP contribution in [-0.2, 0) is 13.0 Å². The number of nitrogens with two attached hydrogens (primary N) is 1. The summed E-state index contributed by atoms with van der Waals surface area (Å²) >= 11 is 0. The van der Waals surface area contributed by atoms with E-state index in [2.05, 4.69) is 47.1 Å². The molecule has 0 unspecified atom stereocenters. The molecule has 0 aliphatic carbocycles. The number of aromatic nitrogens is 1. The summed E-state index contributed by atoms with van der Waals surface area (Å²) in [6.45, 7) is 4.61. The van der Waals surface area contributed by atoms with Crippen molar-refractivity contribution in [2.45, 2.75) is 44.4 Å². The van der Waals surface area contributed by atoms with Crippen molar-refractivity contribution in [1.29, 1.82) is 0 Å². The van der Waals surface area contributed by atoms with Crippen molar-refractivity contribution in [2.24, 2.45) is 5.73 Å². The highest BCUT2D eigenvalue weighted by atomic mass is 16.5. The zero-order chi connectivity index (χ0) is 22.1. The second-order valence-corrected chi connectivity index (χ2v) is 9.00. The van der Waals surface area contributed by atoms with Gasteiger partial charge in [-0.25, -0.2) is 0 Å². The molecule has 32 heavy (non-hydrogen) atoms. The van der Waals surface area contributed by atoms with Crippen LogP contribution < -0.4 is 15.2 Å². The molecule has 3 heterocycles. The minimum Gasteiger partial charge on any atom is -0.493 e. The van der Waals surface area contributed by atoms with E-state index in [1.165, 1.54) is 16.7 Å². The van der Waals surface area contributed by atoms with E-state index in [9.17, 15) is 0 Å². The minimum atomic E-state index is 0.0801. The fourth-order valence-corrected chi connectivity index (χ4v) is 5.15. The number of methoxy groups -OCH3 is 1. The summed E-state index contributed by atoms with van der Waals surface area (Å²) in [5.41, 5.74) is 12.9. The largest absolute Gasteiger partial charge is 0.493 e. The molecule has 3 aromatic rings. The molecule has 0 saturated carbocycles. The maximum absolute atomic E-state index is 6.72. The number of pyridine rings is 1. The third-order valence-electron chi connectivity index (χ3n) is 6.89. The van der Waals surface area contributed by atoms with E-state index in [1.807, 2.05) is 30.5 Å². The number of hydrogen-bond acceptors (Lipinski definition) is 5. The van der Waals surface area contributed by atoms with Crippen LogP contribution in [-0.4, -0.2) is 36.1 Å². The van der Waals surface area contributed by atoms with Gasteiger partial charge in [0.15, 0.2) is 11.5 Å². The summed E-state index contributed by atoms with van der Waals surface area (Å²) in [6.07, 6.45) is 3.82. The molecule has 0 radical (unpaired) electrons. The Morgan fingerprint density at radius 2 is 1.94 bits per heavy atom. The van der Waals surface area contributed by atoms with Crippen LogP contribution in [0.5, 0.6) is 11.5 Å². The quantitative estimate of drug-likeness (QED) is 0.652. The number of benzene rings is 2. The standard InChI is InChI=1S/C27H31N3O2/c1-18-8-10-29-24(12-18)22-16-30-11-9-20-13-27(32-17-19-6-4-3-5-7-19)26(31-2)14-21(20)25(30)15-23(22)28/h3-8,10,12-14,22-23,25H,9,11,15-17,28H2,1-2H3/t22-,23-,25+/m0/s1. The van der Waals surface area contributed by atoms with Crippen LogP contribution in [0.15, 0.2) is 60.8 Å². The molecular formula is C27H31N3O2. The smallest absolute Gasteiger partial charge is 0.161 e. The second-order valence-electron chi connectivity index (χ2n) is 9.00. The number of hydrogen-bond donors (Lipinski definition) is 1. The Morgan fingerprint density at radius 1 is 1.09 bits per heavy atom. The molecule has 166 valence electrons. The molecule has 5 nitrogen and oxygen atoms in total. The zero-order valence-corrected chi connectivity index (χ0v) is 18.8. The summed E-state index contributed by atoms with van der Waals surface area (Å²) in [4.78, 5) is 7.21. The van der Waals surface area contributed by atoms with Crippen molar-refractivity contribution in [2.75, 3.05) is 20.2 Å². The molecule has 2 aromatic carbocycles. The van der Waals surface area contributed by atoms with E-state index in [-0.39, 0.29) is 12.0 Å². The highest BCUT2D eigenvalue weighted by molar-refractivity contribution is 5.50. The van der Waals surface area contributed by atoms with Crippen LogP contribution in [0.3, 0.4) is 0 Å². The molecule has 2 aliphatic rings. The van der Waals surface area contributed by atoms with Crippen molar-refractivity contribution in [3.8, 4) is 11.5 Å². The van der Waals surface area contributed by atoms with Crippen LogP contribution in [0, 0.1) is 6.92 Å². The number of piperidine rings is 1. The minimum absolute atomic E-state index is 0.0801. The topological polar surface area (TPSA) is 60.6 Å². The maximum Gasteiger partial charge on any atom is 0.161 e. The van der Waals surface area contributed by atoms with Crippen LogP contribution in [0.1, 0.15) is 46.3 Å². The van der Waals surface area contributed by atoms with Gasteiger partial charge in [0.25, 0.3) is 0 Å². The highest BCUT2D eigenvalue weighted by Crippen LogP contribution is 2.44. The zero-order valence-electron chi connectivity index (χ0n) is 18.8. The fourth-order valence-electron chi connectivity index (χ4n) is 5.15. The summed E-state index contributed by atoms with van der Waals surface area (Å²) in [5, 5.41) is 0. The lowest BCUT2D eigenvalue weighted by molar-refractivity contribution is 0.108. The average molecular weight is 430 g/mol. The van der Waals surface area contributed by atoms with Gasteiger partial charge in [0, 0.05) is 43.0 Å². The SMILES string of the molecule is COc1cc2c(cc1OCc1ccccc1)CCN1C[C@H](c3cc(C)ccn3)[C@@H](N)C[C@H]21. The van der Waals surface area contributed by atoms with Crippen LogP contribution in [0.25, 0.3) is 0 Å². The van der Waals surface area contributed by atoms with Gasteiger partial charge in [0.05, 0.1) is 7.11 Å². The molecule has 2 aliphatic heterocycles. The number of nitrogens with zero attached hydrogens (tertiary/aromatic N) is 2. The first kappa shape index (κ1) is 21.0. The third kappa shape index (κ3) is 4.10. The van der Waals surface area contributed by atoms with Crippen molar-refractivity contribution in [1.82, 2.24) is 9.88 Å². The first-order chi connectivity index (χ1) is 15.6. The normalized spacial score (nSPS) is 22.7. The molecule has 1 aromatic heterocycles.